The molecule has 1 amide bonds. The number of carbonyl (C=O) groups is 1. The van der Waals surface area contributed by atoms with Crippen molar-refractivity contribution in [3.05, 3.63) is 78.6 Å². The summed E-state index contributed by atoms with van der Waals surface area (Å²) in [6, 6.07) is 17.7. The topological polar surface area (TPSA) is 93.7 Å². The molecule has 3 aromatic rings. The van der Waals surface area contributed by atoms with Crippen LogP contribution < -0.4 is 19.5 Å². The second kappa shape index (κ2) is 9.48. The number of amides is 1. The predicted molar refractivity (Wildman–Crippen MR) is 115 cm³/mol. The van der Waals surface area contributed by atoms with Crippen LogP contribution in [0.4, 0.5) is 15.8 Å². The zero-order valence-electron chi connectivity index (χ0n) is 16.8. The van der Waals surface area contributed by atoms with Crippen LogP contribution in [-0.2, 0) is 14.8 Å². The highest BCUT2D eigenvalue weighted by Crippen LogP contribution is 2.26. The molecule has 0 aliphatic carbocycles. The largest absolute Gasteiger partial charge is 0.495 e. The van der Waals surface area contributed by atoms with E-state index >= 15 is 0 Å². The lowest BCUT2D eigenvalue weighted by Gasteiger charge is -2.15. The van der Waals surface area contributed by atoms with Crippen LogP contribution in [-0.4, -0.2) is 27.5 Å². The van der Waals surface area contributed by atoms with Gasteiger partial charge in [-0.25, -0.2) is 12.8 Å². The summed E-state index contributed by atoms with van der Waals surface area (Å²) in [6.45, 7) is 1.55. The highest BCUT2D eigenvalue weighted by atomic mass is 32.2. The van der Waals surface area contributed by atoms with Crippen LogP contribution >= 0.6 is 0 Å². The number of rotatable bonds is 8. The average Bonchev–Trinajstić information content (AvgIpc) is 2.76. The Labute approximate surface area is 179 Å². The van der Waals surface area contributed by atoms with Gasteiger partial charge in [-0.2, -0.15) is 0 Å². The SMILES string of the molecule is COc1ccccc1NS(=O)(=O)c1ccc(NC(=O)[C@@H](C)Oc2ccc(F)cc2)cc1. The summed E-state index contributed by atoms with van der Waals surface area (Å²) in [4.78, 5) is 12.3. The lowest BCUT2D eigenvalue weighted by molar-refractivity contribution is -0.122. The summed E-state index contributed by atoms with van der Waals surface area (Å²) < 4.78 is 51.3. The van der Waals surface area contributed by atoms with Crippen molar-refractivity contribution in [2.24, 2.45) is 0 Å². The number of halogens is 1. The van der Waals surface area contributed by atoms with Gasteiger partial charge in [0.1, 0.15) is 17.3 Å². The zero-order valence-corrected chi connectivity index (χ0v) is 17.6. The van der Waals surface area contributed by atoms with Crippen LogP contribution in [0.2, 0.25) is 0 Å². The standard InChI is InChI=1S/C22H21FN2O5S/c1-15(30-18-11-7-16(23)8-12-18)22(26)24-17-9-13-19(14-10-17)31(27,28)25-20-5-3-4-6-21(20)29-2/h3-15,25H,1-2H3,(H,24,26)/t15-/m1/s1. The fourth-order valence-corrected chi connectivity index (χ4v) is 3.74. The number of ether oxygens (including phenoxy) is 2. The molecule has 0 aliphatic heterocycles. The average molecular weight is 444 g/mol. The van der Waals surface area contributed by atoms with Crippen molar-refractivity contribution in [1.29, 1.82) is 0 Å². The molecule has 0 radical (unpaired) electrons. The molecule has 0 spiro atoms. The van der Waals surface area contributed by atoms with Crippen molar-refractivity contribution in [1.82, 2.24) is 0 Å². The third kappa shape index (κ3) is 5.73. The predicted octanol–water partition coefficient (Wildman–Crippen LogP) is 4.04. The van der Waals surface area contributed by atoms with Crippen molar-refractivity contribution in [3.8, 4) is 11.5 Å². The monoisotopic (exact) mass is 444 g/mol. The van der Waals surface area contributed by atoms with E-state index in [1.807, 2.05) is 0 Å². The first-order valence-electron chi connectivity index (χ1n) is 9.27. The molecule has 0 unspecified atom stereocenters. The van der Waals surface area contributed by atoms with Gasteiger partial charge in [-0.05, 0) is 67.6 Å². The molecular formula is C22H21FN2O5S. The van der Waals surface area contributed by atoms with Crippen LogP contribution in [0.25, 0.3) is 0 Å². The van der Waals surface area contributed by atoms with Crippen molar-refractivity contribution >= 4 is 27.3 Å². The van der Waals surface area contributed by atoms with Gasteiger partial charge in [-0.15, -0.1) is 0 Å². The number of para-hydroxylation sites is 2. The fraction of sp³-hybridized carbons (Fsp3) is 0.136. The fourth-order valence-electron chi connectivity index (χ4n) is 2.66. The molecule has 0 aliphatic rings. The molecule has 0 saturated heterocycles. The second-order valence-electron chi connectivity index (χ2n) is 6.53. The summed E-state index contributed by atoms with van der Waals surface area (Å²) in [5.41, 5.74) is 0.713. The molecule has 0 bridgehead atoms. The minimum Gasteiger partial charge on any atom is -0.495 e. The summed E-state index contributed by atoms with van der Waals surface area (Å²) in [7, 11) is -2.40. The summed E-state index contributed by atoms with van der Waals surface area (Å²) >= 11 is 0. The van der Waals surface area contributed by atoms with Crippen molar-refractivity contribution in [2.45, 2.75) is 17.9 Å². The lowest BCUT2D eigenvalue weighted by atomic mass is 10.3. The number of anilines is 2. The number of nitrogens with one attached hydrogen (secondary N) is 2. The van der Waals surface area contributed by atoms with E-state index in [-0.39, 0.29) is 4.90 Å². The van der Waals surface area contributed by atoms with Crippen molar-refractivity contribution < 1.29 is 27.1 Å². The molecule has 162 valence electrons. The molecule has 0 aromatic heterocycles. The number of carbonyl (C=O) groups excluding carboxylic acids is 1. The third-order valence-corrected chi connectivity index (χ3v) is 5.66. The molecule has 7 nitrogen and oxygen atoms in total. The van der Waals surface area contributed by atoms with Gasteiger partial charge in [0.05, 0.1) is 17.7 Å². The van der Waals surface area contributed by atoms with Gasteiger partial charge < -0.3 is 14.8 Å². The Hall–Kier alpha value is -3.59. The van der Waals surface area contributed by atoms with E-state index in [0.717, 1.165) is 0 Å². The third-order valence-electron chi connectivity index (χ3n) is 4.28. The van der Waals surface area contributed by atoms with Gasteiger partial charge in [0, 0.05) is 5.69 Å². The molecule has 2 N–H and O–H groups in total. The Balaban J connectivity index is 1.65. The van der Waals surface area contributed by atoms with E-state index in [0.29, 0.717) is 22.9 Å². The van der Waals surface area contributed by atoms with Crippen molar-refractivity contribution in [2.75, 3.05) is 17.1 Å². The number of hydrogen-bond acceptors (Lipinski definition) is 5. The quantitative estimate of drug-likeness (QED) is 0.547. The first kappa shape index (κ1) is 22.1. The molecule has 31 heavy (non-hydrogen) atoms. The Kier molecular flexibility index (Phi) is 6.76. The number of hydrogen-bond donors (Lipinski definition) is 2. The van der Waals surface area contributed by atoms with Crippen LogP contribution in [0.3, 0.4) is 0 Å². The van der Waals surface area contributed by atoms with E-state index in [1.54, 1.807) is 31.2 Å². The maximum atomic E-state index is 13.0. The maximum absolute atomic E-state index is 13.0. The second-order valence-corrected chi connectivity index (χ2v) is 8.22. The highest BCUT2D eigenvalue weighted by molar-refractivity contribution is 7.92. The molecular weight excluding hydrogens is 423 g/mol. The van der Waals surface area contributed by atoms with Gasteiger partial charge in [0.15, 0.2) is 6.10 Å². The Morgan fingerprint density at radius 2 is 1.61 bits per heavy atom. The van der Waals surface area contributed by atoms with Crippen LogP contribution in [0.15, 0.2) is 77.7 Å². The smallest absolute Gasteiger partial charge is 0.265 e. The van der Waals surface area contributed by atoms with E-state index < -0.39 is 27.9 Å². The zero-order chi connectivity index (χ0) is 22.4. The van der Waals surface area contributed by atoms with Crippen LogP contribution in [0.5, 0.6) is 11.5 Å². The molecule has 0 fully saturated rings. The molecule has 3 rings (SSSR count). The maximum Gasteiger partial charge on any atom is 0.265 e. The lowest BCUT2D eigenvalue weighted by Crippen LogP contribution is -2.30. The number of sulfonamides is 1. The Bertz CT molecular complexity index is 1150. The molecule has 1 atom stereocenters. The van der Waals surface area contributed by atoms with E-state index in [4.69, 9.17) is 9.47 Å². The highest BCUT2D eigenvalue weighted by Gasteiger charge is 2.18. The van der Waals surface area contributed by atoms with E-state index in [1.165, 1.54) is 55.6 Å². The van der Waals surface area contributed by atoms with Gasteiger partial charge in [0.2, 0.25) is 0 Å². The van der Waals surface area contributed by atoms with Crippen LogP contribution in [0.1, 0.15) is 6.92 Å². The van der Waals surface area contributed by atoms with Gasteiger partial charge in [0.25, 0.3) is 15.9 Å². The van der Waals surface area contributed by atoms with E-state index in [9.17, 15) is 17.6 Å². The molecule has 9 heteroatoms. The minimum atomic E-state index is -3.85. The number of methoxy groups -OCH3 is 1. The van der Waals surface area contributed by atoms with E-state index in [2.05, 4.69) is 10.0 Å². The first-order valence-corrected chi connectivity index (χ1v) is 10.8. The minimum absolute atomic E-state index is 0.0204. The Morgan fingerprint density at radius 3 is 2.26 bits per heavy atom. The summed E-state index contributed by atoms with van der Waals surface area (Å²) in [6.07, 6.45) is -0.846. The van der Waals surface area contributed by atoms with Crippen molar-refractivity contribution in [3.63, 3.8) is 0 Å². The van der Waals surface area contributed by atoms with Gasteiger partial charge >= 0.3 is 0 Å². The van der Waals surface area contributed by atoms with Crippen LogP contribution in [0, 0.1) is 5.82 Å². The summed E-state index contributed by atoms with van der Waals surface area (Å²) in [5.74, 6) is -0.0928. The number of benzene rings is 3. The Morgan fingerprint density at radius 1 is 0.968 bits per heavy atom. The first-order chi connectivity index (χ1) is 14.8. The molecule has 0 saturated carbocycles. The van der Waals surface area contributed by atoms with Gasteiger partial charge in [-0.3, -0.25) is 9.52 Å². The summed E-state index contributed by atoms with van der Waals surface area (Å²) in [5, 5.41) is 2.65. The molecule has 0 heterocycles. The normalized spacial score (nSPS) is 12.0. The van der Waals surface area contributed by atoms with Gasteiger partial charge in [-0.1, -0.05) is 12.1 Å². The molecule has 3 aromatic carbocycles.